The first-order valence-corrected chi connectivity index (χ1v) is 9.64. The number of amides is 1. The summed E-state index contributed by atoms with van der Waals surface area (Å²) < 4.78 is 0. The monoisotopic (exact) mass is 329 g/mol. The molecule has 0 saturated carbocycles. The van der Waals surface area contributed by atoms with Gasteiger partial charge in [0.15, 0.2) is 0 Å². The van der Waals surface area contributed by atoms with Crippen LogP contribution in [0.2, 0.25) is 0 Å². The number of nitrogens with zero attached hydrogens (tertiary/aromatic N) is 1. The molecule has 0 radical (unpaired) electrons. The van der Waals surface area contributed by atoms with Gasteiger partial charge in [0.2, 0.25) is 0 Å². The number of rotatable bonds is 7. The first-order valence-electron chi connectivity index (χ1n) is 9.64. The van der Waals surface area contributed by atoms with Crippen LogP contribution in [0, 0.1) is 0 Å². The third kappa shape index (κ3) is 5.05. The van der Waals surface area contributed by atoms with Crippen molar-refractivity contribution < 1.29 is 4.79 Å². The molecule has 1 aromatic carbocycles. The standard InChI is InChI=1S/C20H31N3O/c24-20(22-12-1-2-13-23-14-3-4-15-23)18-9-7-17(8-10-18)19-6-5-11-21-16-19/h7-10,19,21H,1-6,11-16H2,(H,22,24)/t19-/m0/s1. The van der Waals surface area contributed by atoms with E-state index in [4.69, 9.17) is 0 Å². The number of nitrogens with one attached hydrogen (secondary N) is 2. The highest BCUT2D eigenvalue weighted by Crippen LogP contribution is 2.23. The Morgan fingerprint density at radius 1 is 1.12 bits per heavy atom. The summed E-state index contributed by atoms with van der Waals surface area (Å²) in [6.07, 6.45) is 7.43. The predicted octanol–water partition coefficient (Wildman–Crippen LogP) is 2.76. The molecule has 2 fully saturated rings. The topological polar surface area (TPSA) is 44.4 Å². The van der Waals surface area contributed by atoms with E-state index < -0.39 is 0 Å². The molecule has 2 aliphatic heterocycles. The molecule has 0 aliphatic carbocycles. The molecular weight excluding hydrogens is 298 g/mol. The van der Waals surface area contributed by atoms with E-state index in [0.717, 1.165) is 31.6 Å². The van der Waals surface area contributed by atoms with Crippen molar-refractivity contribution in [1.82, 2.24) is 15.5 Å². The average molecular weight is 329 g/mol. The van der Waals surface area contributed by atoms with Crippen LogP contribution in [0.15, 0.2) is 24.3 Å². The molecule has 2 saturated heterocycles. The summed E-state index contributed by atoms with van der Waals surface area (Å²) >= 11 is 0. The molecule has 24 heavy (non-hydrogen) atoms. The predicted molar refractivity (Wildman–Crippen MR) is 98.5 cm³/mol. The van der Waals surface area contributed by atoms with Gasteiger partial charge in [0.25, 0.3) is 5.91 Å². The molecule has 4 nitrogen and oxygen atoms in total. The van der Waals surface area contributed by atoms with Crippen molar-refractivity contribution in [2.45, 2.75) is 44.4 Å². The van der Waals surface area contributed by atoms with E-state index in [2.05, 4.69) is 27.7 Å². The van der Waals surface area contributed by atoms with Crippen LogP contribution in [0.4, 0.5) is 0 Å². The first-order chi connectivity index (χ1) is 11.8. The number of benzene rings is 1. The normalized spacial score (nSPS) is 21.8. The van der Waals surface area contributed by atoms with Crippen molar-refractivity contribution in [2.24, 2.45) is 0 Å². The lowest BCUT2D eigenvalue weighted by atomic mass is 9.91. The summed E-state index contributed by atoms with van der Waals surface area (Å²) in [5.74, 6) is 0.658. The fourth-order valence-corrected chi connectivity index (χ4v) is 3.81. The zero-order chi connectivity index (χ0) is 16.6. The molecule has 0 bridgehead atoms. The zero-order valence-electron chi connectivity index (χ0n) is 14.7. The molecule has 132 valence electrons. The second kappa shape index (κ2) is 9.19. The number of unbranched alkanes of at least 4 members (excludes halogenated alkanes) is 1. The molecule has 0 spiro atoms. The molecule has 4 heteroatoms. The number of hydrogen-bond acceptors (Lipinski definition) is 3. The fourth-order valence-electron chi connectivity index (χ4n) is 3.81. The molecule has 1 atom stereocenters. The van der Waals surface area contributed by atoms with Crippen LogP contribution in [-0.2, 0) is 0 Å². The van der Waals surface area contributed by atoms with Crippen molar-refractivity contribution in [2.75, 3.05) is 39.3 Å². The third-order valence-electron chi connectivity index (χ3n) is 5.33. The Kier molecular flexibility index (Phi) is 6.67. The van der Waals surface area contributed by atoms with Gasteiger partial charge in [0, 0.05) is 18.7 Å². The van der Waals surface area contributed by atoms with Crippen molar-refractivity contribution >= 4 is 5.91 Å². The molecule has 0 aromatic heterocycles. The Hall–Kier alpha value is -1.39. The minimum atomic E-state index is 0.0597. The summed E-state index contributed by atoms with van der Waals surface area (Å²) in [7, 11) is 0. The highest BCUT2D eigenvalue weighted by atomic mass is 16.1. The van der Waals surface area contributed by atoms with Crippen LogP contribution >= 0.6 is 0 Å². The van der Waals surface area contributed by atoms with Crippen LogP contribution in [0.3, 0.4) is 0 Å². The van der Waals surface area contributed by atoms with Gasteiger partial charge in [-0.25, -0.2) is 0 Å². The van der Waals surface area contributed by atoms with Gasteiger partial charge in [0.1, 0.15) is 0 Å². The lowest BCUT2D eigenvalue weighted by molar-refractivity contribution is 0.0952. The number of likely N-dealkylation sites (tertiary alicyclic amines) is 1. The van der Waals surface area contributed by atoms with Crippen LogP contribution in [0.1, 0.15) is 60.4 Å². The maximum atomic E-state index is 12.2. The Balaban J connectivity index is 1.36. The molecule has 1 aromatic rings. The largest absolute Gasteiger partial charge is 0.352 e. The van der Waals surface area contributed by atoms with Crippen molar-refractivity contribution in [3.05, 3.63) is 35.4 Å². The van der Waals surface area contributed by atoms with Crippen molar-refractivity contribution in [3.8, 4) is 0 Å². The van der Waals surface area contributed by atoms with E-state index in [1.807, 2.05) is 12.1 Å². The zero-order valence-corrected chi connectivity index (χ0v) is 14.7. The van der Waals surface area contributed by atoms with Gasteiger partial charge < -0.3 is 15.5 Å². The van der Waals surface area contributed by atoms with Crippen LogP contribution < -0.4 is 10.6 Å². The van der Waals surface area contributed by atoms with Gasteiger partial charge >= 0.3 is 0 Å². The van der Waals surface area contributed by atoms with Crippen molar-refractivity contribution in [3.63, 3.8) is 0 Å². The number of piperidine rings is 1. The van der Waals surface area contributed by atoms with E-state index in [0.29, 0.717) is 5.92 Å². The van der Waals surface area contributed by atoms with Gasteiger partial charge in [-0.1, -0.05) is 12.1 Å². The Labute approximate surface area is 146 Å². The first kappa shape index (κ1) is 17.4. The summed E-state index contributed by atoms with van der Waals surface area (Å²) in [6, 6.07) is 8.20. The third-order valence-corrected chi connectivity index (χ3v) is 5.33. The second-order valence-electron chi connectivity index (χ2n) is 7.18. The fraction of sp³-hybridized carbons (Fsp3) is 0.650. The minimum Gasteiger partial charge on any atom is -0.352 e. The van der Waals surface area contributed by atoms with Crippen LogP contribution in [0.5, 0.6) is 0 Å². The number of carbonyl (C=O) groups is 1. The van der Waals surface area contributed by atoms with Crippen molar-refractivity contribution in [1.29, 1.82) is 0 Å². The molecular formula is C20H31N3O. The number of hydrogen-bond donors (Lipinski definition) is 2. The molecule has 1 amide bonds. The average Bonchev–Trinajstić information content (AvgIpc) is 3.16. The Bertz CT molecular complexity index is 502. The molecule has 0 unspecified atom stereocenters. The second-order valence-corrected chi connectivity index (χ2v) is 7.18. The highest BCUT2D eigenvalue weighted by molar-refractivity contribution is 5.94. The van der Waals surface area contributed by atoms with E-state index in [1.54, 1.807) is 0 Å². The van der Waals surface area contributed by atoms with Crippen LogP contribution in [-0.4, -0.2) is 50.1 Å². The smallest absolute Gasteiger partial charge is 0.251 e. The van der Waals surface area contributed by atoms with E-state index in [-0.39, 0.29) is 5.91 Å². The lowest BCUT2D eigenvalue weighted by Gasteiger charge is -2.23. The van der Waals surface area contributed by atoms with Gasteiger partial charge in [-0.15, -0.1) is 0 Å². The summed E-state index contributed by atoms with van der Waals surface area (Å²) in [6.45, 7) is 6.67. The molecule has 3 rings (SSSR count). The lowest BCUT2D eigenvalue weighted by Crippen LogP contribution is -2.28. The maximum absolute atomic E-state index is 12.2. The summed E-state index contributed by atoms with van der Waals surface area (Å²) in [5, 5.41) is 6.50. The summed E-state index contributed by atoms with van der Waals surface area (Å²) in [5.41, 5.74) is 2.13. The van der Waals surface area contributed by atoms with E-state index >= 15 is 0 Å². The Morgan fingerprint density at radius 3 is 2.62 bits per heavy atom. The van der Waals surface area contributed by atoms with Gasteiger partial charge in [-0.2, -0.15) is 0 Å². The van der Waals surface area contributed by atoms with Gasteiger partial charge in [0.05, 0.1) is 0 Å². The van der Waals surface area contributed by atoms with E-state index in [1.165, 1.54) is 57.3 Å². The minimum absolute atomic E-state index is 0.0597. The van der Waals surface area contributed by atoms with Crippen LogP contribution in [0.25, 0.3) is 0 Å². The quantitative estimate of drug-likeness (QED) is 0.756. The molecule has 2 heterocycles. The van der Waals surface area contributed by atoms with E-state index in [9.17, 15) is 4.79 Å². The number of carbonyl (C=O) groups excluding carboxylic acids is 1. The van der Waals surface area contributed by atoms with Gasteiger partial charge in [-0.3, -0.25) is 4.79 Å². The van der Waals surface area contributed by atoms with Gasteiger partial charge in [-0.05, 0) is 88.3 Å². The Morgan fingerprint density at radius 2 is 1.92 bits per heavy atom. The summed E-state index contributed by atoms with van der Waals surface area (Å²) in [4.78, 5) is 14.7. The molecule has 2 aliphatic rings. The molecule has 2 N–H and O–H groups in total. The SMILES string of the molecule is O=C(NCCCCN1CCCC1)c1ccc([C@H]2CCCNC2)cc1. The highest BCUT2D eigenvalue weighted by Gasteiger charge is 2.15. The maximum Gasteiger partial charge on any atom is 0.251 e.